The minimum atomic E-state index is -1.04. The van der Waals surface area contributed by atoms with Gasteiger partial charge in [0.1, 0.15) is 17.7 Å². The molecule has 168 valence electrons. The van der Waals surface area contributed by atoms with Crippen molar-refractivity contribution < 1.29 is 23.2 Å². The molecule has 8 heteroatoms. The smallest absolute Gasteiger partial charge is 0.257 e. The standard InChI is InChI=1S/C25H19ClF2N2O3/c26-18-3-1-2-16(14-18)12-13-29(24(32)17-4-6-19(27)7-5-17)22-15-23(31)30(25(22)33)21-10-8-20(28)9-11-21/h1-11,14,22H,12-13,15H2. The summed E-state index contributed by atoms with van der Waals surface area (Å²) in [5, 5.41) is 0.540. The van der Waals surface area contributed by atoms with E-state index in [1.165, 1.54) is 29.2 Å². The molecule has 0 spiro atoms. The lowest BCUT2D eigenvalue weighted by molar-refractivity contribution is -0.122. The summed E-state index contributed by atoms with van der Waals surface area (Å²) in [7, 11) is 0. The second-order valence-corrected chi connectivity index (χ2v) is 8.09. The minimum Gasteiger partial charge on any atom is -0.326 e. The Balaban J connectivity index is 1.63. The molecule has 0 aliphatic carbocycles. The van der Waals surface area contributed by atoms with Gasteiger partial charge in [-0.2, -0.15) is 0 Å². The number of anilines is 1. The van der Waals surface area contributed by atoms with E-state index in [2.05, 4.69) is 0 Å². The third-order valence-electron chi connectivity index (χ3n) is 5.47. The van der Waals surface area contributed by atoms with E-state index >= 15 is 0 Å². The maximum absolute atomic E-state index is 13.4. The van der Waals surface area contributed by atoms with Crippen molar-refractivity contribution in [2.45, 2.75) is 18.9 Å². The number of imide groups is 1. The van der Waals surface area contributed by atoms with Gasteiger partial charge in [0.15, 0.2) is 0 Å². The number of benzene rings is 3. The molecule has 33 heavy (non-hydrogen) atoms. The highest BCUT2D eigenvalue weighted by Gasteiger charge is 2.44. The van der Waals surface area contributed by atoms with Crippen LogP contribution in [-0.4, -0.2) is 35.2 Å². The third-order valence-corrected chi connectivity index (χ3v) is 5.70. The van der Waals surface area contributed by atoms with Crippen LogP contribution in [0.2, 0.25) is 5.02 Å². The Kier molecular flexibility index (Phi) is 6.51. The Morgan fingerprint density at radius 3 is 2.24 bits per heavy atom. The fraction of sp³-hybridized carbons (Fsp3) is 0.160. The SMILES string of the molecule is O=C1CC(N(CCc2cccc(Cl)c2)C(=O)c2ccc(F)cc2)C(=O)N1c1ccc(F)cc1. The van der Waals surface area contributed by atoms with Crippen LogP contribution in [0.15, 0.2) is 72.8 Å². The van der Waals surface area contributed by atoms with Gasteiger partial charge in [-0.25, -0.2) is 13.7 Å². The quantitative estimate of drug-likeness (QED) is 0.495. The van der Waals surface area contributed by atoms with Gasteiger partial charge < -0.3 is 4.90 Å². The molecule has 3 aromatic carbocycles. The summed E-state index contributed by atoms with van der Waals surface area (Å²) < 4.78 is 26.7. The Hall–Kier alpha value is -3.58. The molecule has 1 aliphatic rings. The maximum Gasteiger partial charge on any atom is 0.257 e. The topological polar surface area (TPSA) is 57.7 Å². The fourth-order valence-corrected chi connectivity index (χ4v) is 4.03. The first-order valence-electron chi connectivity index (χ1n) is 10.3. The molecule has 0 radical (unpaired) electrons. The van der Waals surface area contributed by atoms with Gasteiger partial charge in [0.2, 0.25) is 5.91 Å². The van der Waals surface area contributed by atoms with E-state index in [4.69, 9.17) is 11.6 Å². The van der Waals surface area contributed by atoms with Gasteiger partial charge in [0, 0.05) is 17.1 Å². The van der Waals surface area contributed by atoms with Crippen molar-refractivity contribution in [3.05, 3.63) is 101 Å². The number of nitrogens with zero attached hydrogens (tertiary/aromatic N) is 2. The second-order valence-electron chi connectivity index (χ2n) is 7.65. The molecule has 4 rings (SSSR count). The van der Waals surface area contributed by atoms with E-state index in [1.54, 1.807) is 18.2 Å². The lowest BCUT2D eigenvalue weighted by Gasteiger charge is -2.28. The number of halogens is 3. The molecule has 1 atom stereocenters. The maximum atomic E-state index is 13.4. The van der Waals surface area contributed by atoms with Crippen LogP contribution in [0.25, 0.3) is 0 Å². The molecule has 1 fully saturated rings. The minimum absolute atomic E-state index is 0.136. The molecular formula is C25H19ClF2N2O3. The first-order chi connectivity index (χ1) is 15.8. The fourth-order valence-electron chi connectivity index (χ4n) is 3.82. The van der Waals surface area contributed by atoms with Crippen LogP contribution in [0.3, 0.4) is 0 Å². The van der Waals surface area contributed by atoms with E-state index in [-0.39, 0.29) is 24.2 Å². The number of amides is 3. The number of rotatable bonds is 6. The van der Waals surface area contributed by atoms with Crippen LogP contribution < -0.4 is 4.90 Å². The average molecular weight is 469 g/mol. The zero-order valence-corrected chi connectivity index (χ0v) is 18.1. The van der Waals surface area contributed by atoms with Crippen molar-refractivity contribution in [3.63, 3.8) is 0 Å². The zero-order valence-electron chi connectivity index (χ0n) is 17.4. The molecular weight excluding hydrogens is 450 g/mol. The summed E-state index contributed by atoms with van der Waals surface area (Å²) in [6.07, 6.45) is 0.181. The lowest BCUT2D eigenvalue weighted by Crippen LogP contribution is -2.46. The van der Waals surface area contributed by atoms with Gasteiger partial charge in [-0.15, -0.1) is 0 Å². The largest absolute Gasteiger partial charge is 0.326 e. The van der Waals surface area contributed by atoms with Crippen molar-refractivity contribution in [2.75, 3.05) is 11.4 Å². The highest BCUT2D eigenvalue weighted by molar-refractivity contribution is 6.30. The molecule has 1 unspecified atom stereocenters. The lowest BCUT2D eigenvalue weighted by atomic mass is 10.1. The molecule has 1 saturated heterocycles. The highest BCUT2D eigenvalue weighted by atomic mass is 35.5. The summed E-state index contributed by atoms with van der Waals surface area (Å²) in [6, 6.07) is 16.1. The number of hydrogen-bond acceptors (Lipinski definition) is 3. The normalized spacial score (nSPS) is 15.7. The van der Waals surface area contributed by atoms with E-state index in [1.807, 2.05) is 6.07 Å². The van der Waals surface area contributed by atoms with Crippen molar-refractivity contribution in [1.29, 1.82) is 0 Å². The van der Waals surface area contributed by atoms with Gasteiger partial charge >= 0.3 is 0 Å². The summed E-state index contributed by atoms with van der Waals surface area (Å²) in [5.41, 5.74) is 1.28. The predicted molar refractivity (Wildman–Crippen MR) is 120 cm³/mol. The summed E-state index contributed by atoms with van der Waals surface area (Å²) in [4.78, 5) is 41.6. The molecule has 0 bridgehead atoms. The second kappa shape index (κ2) is 9.50. The van der Waals surface area contributed by atoms with Crippen LogP contribution in [0, 0.1) is 11.6 Å². The Bertz CT molecular complexity index is 1200. The van der Waals surface area contributed by atoms with E-state index in [9.17, 15) is 23.2 Å². The molecule has 0 aromatic heterocycles. The molecule has 3 aromatic rings. The summed E-state index contributed by atoms with van der Waals surface area (Å²) in [5.74, 6) is -2.55. The summed E-state index contributed by atoms with van der Waals surface area (Å²) >= 11 is 6.05. The number of carbonyl (C=O) groups excluding carboxylic acids is 3. The van der Waals surface area contributed by atoms with Crippen molar-refractivity contribution in [2.24, 2.45) is 0 Å². The Morgan fingerprint density at radius 1 is 0.970 bits per heavy atom. The van der Waals surface area contributed by atoms with Gasteiger partial charge in [0.25, 0.3) is 11.8 Å². The van der Waals surface area contributed by atoms with Crippen molar-refractivity contribution >= 4 is 35.0 Å². The average Bonchev–Trinajstić information content (AvgIpc) is 3.09. The zero-order chi connectivity index (χ0) is 23.5. The number of hydrogen-bond donors (Lipinski definition) is 0. The van der Waals surface area contributed by atoms with Crippen molar-refractivity contribution in [1.82, 2.24) is 4.90 Å². The first kappa shape index (κ1) is 22.6. The third kappa shape index (κ3) is 4.93. The van der Waals surface area contributed by atoms with Crippen LogP contribution in [0.5, 0.6) is 0 Å². The molecule has 3 amide bonds. The molecule has 0 saturated carbocycles. The molecule has 5 nitrogen and oxygen atoms in total. The molecule has 1 heterocycles. The van der Waals surface area contributed by atoms with Crippen molar-refractivity contribution in [3.8, 4) is 0 Å². The number of carbonyl (C=O) groups is 3. The van der Waals surface area contributed by atoms with Gasteiger partial charge in [-0.05, 0) is 72.6 Å². The van der Waals surface area contributed by atoms with Gasteiger partial charge in [-0.3, -0.25) is 14.4 Å². The van der Waals surface area contributed by atoms with Gasteiger partial charge in [0.05, 0.1) is 12.1 Å². The van der Waals surface area contributed by atoms with Crippen LogP contribution in [0.4, 0.5) is 14.5 Å². The monoisotopic (exact) mass is 468 g/mol. The Morgan fingerprint density at radius 2 is 1.61 bits per heavy atom. The van der Waals surface area contributed by atoms with Crippen LogP contribution >= 0.6 is 11.6 Å². The Labute approximate surface area is 194 Å². The predicted octanol–water partition coefficient (Wildman–Crippen LogP) is 4.64. The van der Waals surface area contributed by atoms with E-state index < -0.39 is 35.4 Å². The summed E-state index contributed by atoms with van der Waals surface area (Å²) in [6.45, 7) is 0.136. The highest BCUT2D eigenvalue weighted by Crippen LogP contribution is 2.27. The van der Waals surface area contributed by atoms with Gasteiger partial charge in [-0.1, -0.05) is 23.7 Å². The first-order valence-corrected chi connectivity index (χ1v) is 10.6. The molecule has 1 aliphatic heterocycles. The molecule has 0 N–H and O–H groups in total. The van der Waals surface area contributed by atoms with E-state index in [0.717, 1.165) is 34.7 Å². The van der Waals surface area contributed by atoms with Crippen LogP contribution in [0.1, 0.15) is 22.3 Å². The van der Waals surface area contributed by atoms with Crippen LogP contribution in [-0.2, 0) is 16.0 Å². The van der Waals surface area contributed by atoms with E-state index in [0.29, 0.717) is 11.4 Å².